The first-order valence-electron chi connectivity index (χ1n) is 4.50. The van der Waals surface area contributed by atoms with Crippen molar-refractivity contribution in [2.24, 2.45) is 0 Å². The number of carbonyl (C=O) groups excluding carboxylic acids is 1. The molecule has 0 N–H and O–H groups in total. The number of halogens is 2. The summed E-state index contributed by atoms with van der Waals surface area (Å²) in [5, 5.41) is 0. The van der Waals surface area contributed by atoms with Crippen LogP contribution in [0.5, 0.6) is 0 Å². The molecule has 1 aromatic carbocycles. The highest BCUT2D eigenvalue weighted by atomic mass is 79.9. The highest BCUT2D eigenvalue weighted by molar-refractivity contribution is 9.10. The number of rotatable bonds is 2. The van der Waals surface area contributed by atoms with Crippen LogP contribution in [0.3, 0.4) is 0 Å². The Bertz CT molecular complexity index is 368. The zero-order chi connectivity index (χ0) is 10.8. The van der Waals surface area contributed by atoms with Crippen LogP contribution in [-0.2, 0) is 4.74 Å². The Labute approximate surface area is 101 Å². The van der Waals surface area contributed by atoms with Crippen molar-refractivity contribution in [1.29, 1.82) is 0 Å². The standard InChI is InChI=1S/C10H9BrClNO2/c11-7-1-3-8(4-2-7)13-6-9(5-12)15-10(13)14/h1-4,9H,5-6H2/t9-/m1/s1. The third kappa shape index (κ3) is 2.26. The second kappa shape index (κ2) is 4.41. The predicted molar refractivity (Wildman–Crippen MR) is 62.5 cm³/mol. The van der Waals surface area contributed by atoms with E-state index < -0.39 is 0 Å². The van der Waals surface area contributed by atoms with Gasteiger partial charge in [0.1, 0.15) is 6.10 Å². The average molecular weight is 291 g/mol. The summed E-state index contributed by atoms with van der Waals surface area (Å²) in [6.07, 6.45) is -0.536. The van der Waals surface area contributed by atoms with E-state index in [9.17, 15) is 4.79 Å². The quantitative estimate of drug-likeness (QED) is 0.784. The Morgan fingerprint density at radius 2 is 2.13 bits per heavy atom. The average Bonchev–Trinajstić information content (AvgIpc) is 2.61. The van der Waals surface area contributed by atoms with Crippen molar-refractivity contribution in [2.45, 2.75) is 6.10 Å². The van der Waals surface area contributed by atoms with Gasteiger partial charge in [-0.25, -0.2) is 4.79 Å². The van der Waals surface area contributed by atoms with Gasteiger partial charge in [-0.2, -0.15) is 0 Å². The van der Waals surface area contributed by atoms with Crippen LogP contribution in [0.25, 0.3) is 0 Å². The van der Waals surface area contributed by atoms with Gasteiger partial charge in [-0.1, -0.05) is 15.9 Å². The third-order valence-electron chi connectivity index (χ3n) is 2.18. The first kappa shape index (κ1) is 10.8. The molecule has 0 bridgehead atoms. The molecular formula is C10H9BrClNO2. The minimum atomic E-state index is -0.331. The van der Waals surface area contributed by atoms with Gasteiger partial charge < -0.3 is 4.74 Å². The van der Waals surface area contributed by atoms with Gasteiger partial charge in [0.15, 0.2) is 0 Å². The molecule has 3 nitrogen and oxygen atoms in total. The molecule has 1 fully saturated rings. The molecule has 1 aliphatic heterocycles. The van der Waals surface area contributed by atoms with Crippen molar-refractivity contribution in [2.75, 3.05) is 17.3 Å². The Morgan fingerprint density at radius 1 is 1.47 bits per heavy atom. The molecule has 0 aliphatic carbocycles. The Morgan fingerprint density at radius 3 is 2.67 bits per heavy atom. The normalized spacial score (nSPS) is 20.5. The number of hydrogen-bond donors (Lipinski definition) is 0. The fourth-order valence-corrected chi connectivity index (χ4v) is 1.86. The van der Waals surface area contributed by atoms with Crippen molar-refractivity contribution in [3.63, 3.8) is 0 Å². The number of anilines is 1. The molecule has 80 valence electrons. The summed E-state index contributed by atoms with van der Waals surface area (Å²) in [5.74, 6) is 0.332. The molecule has 1 amide bonds. The van der Waals surface area contributed by atoms with Crippen LogP contribution in [0, 0.1) is 0 Å². The first-order chi connectivity index (χ1) is 7.20. The zero-order valence-electron chi connectivity index (χ0n) is 7.82. The molecule has 1 heterocycles. The molecule has 0 radical (unpaired) electrons. The van der Waals surface area contributed by atoms with Crippen molar-refractivity contribution in [3.05, 3.63) is 28.7 Å². The van der Waals surface area contributed by atoms with E-state index in [0.717, 1.165) is 10.2 Å². The lowest BCUT2D eigenvalue weighted by Crippen LogP contribution is -2.24. The minimum Gasteiger partial charge on any atom is -0.443 e. The lowest BCUT2D eigenvalue weighted by atomic mass is 10.3. The molecule has 0 spiro atoms. The van der Waals surface area contributed by atoms with Crippen molar-refractivity contribution in [1.82, 2.24) is 0 Å². The monoisotopic (exact) mass is 289 g/mol. The van der Waals surface area contributed by atoms with E-state index in [-0.39, 0.29) is 12.2 Å². The predicted octanol–water partition coefficient (Wildman–Crippen LogP) is 3.01. The van der Waals surface area contributed by atoms with E-state index in [0.29, 0.717) is 12.4 Å². The third-order valence-corrected chi connectivity index (χ3v) is 3.06. The van der Waals surface area contributed by atoms with Crippen LogP contribution in [-0.4, -0.2) is 24.6 Å². The molecule has 1 atom stereocenters. The summed E-state index contributed by atoms with van der Waals surface area (Å²) >= 11 is 8.98. The van der Waals surface area contributed by atoms with E-state index in [1.165, 1.54) is 0 Å². The topological polar surface area (TPSA) is 29.5 Å². The number of ether oxygens (including phenoxy) is 1. The minimum absolute atomic E-state index is 0.206. The van der Waals surface area contributed by atoms with Crippen molar-refractivity contribution < 1.29 is 9.53 Å². The molecule has 1 aromatic rings. The summed E-state index contributed by atoms with van der Waals surface area (Å²) < 4.78 is 6.03. The van der Waals surface area contributed by atoms with Crippen LogP contribution in [0.1, 0.15) is 0 Å². The smallest absolute Gasteiger partial charge is 0.414 e. The Kier molecular flexibility index (Phi) is 3.17. The molecule has 5 heteroatoms. The molecule has 1 saturated heterocycles. The second-order valence-corrected chi connectivity index (χ2v) is 4.47. The fourth-order valence-electron chi connectivity index (χ4n) is 1.43. The van der Waals surface area contributed by atoms with E-state index >= 15 is 0 Å². The van der Waals surface area contributed by atoms with Gasteiger partial charge in [0.05, 0.1) is 12.4 Å². The van der Waals surface area contributed by atoms with Gasteiger partial charge in [0.25, 0.3) is 0 Å². The van der Waals surface area contributed by atoms with Gasteiger partial charge >= 0.3 is 6.09 Å². The van der Waals surface area contributed by atoms with Crippen molar-refractivity contribution in [3.8, 4) is 0 Å². The SMILES string of the molecule is O=C1O[C@H](CCl)CN1c1ccc(Br)cc1. The number of carbonyl (C=O) groups is 1. The maximum absolute atomic E-state index is 11.5. The van der Waals surface area contributed by atoms with Crippen LogP contribution in [0.15, 0.2) is 28.7 Å². The van der Waals surface area contributed by atoms with E-state index in [2.05, 4.69) is 15.9 Å². The van der Waals surface area contributed by atoms with Crippen LogP contribution < -0.4 is 4.90 Å². The van der Waals surface area contributed by atoms with Gasteiger partial charge in [-0.05, 0) is 24.3 Å². The summed E-state index contributed by atoms with van der Waals surface area (Å²) in [6, 6.07) is 7.50. The number of alkyl halides is 1. The highest BCUT2D eigenvalue weighted by Gasteiger charge is 2.31. The Balaban J connectivity index is 2.18. The largest absolute Gasteiger partial charge is 0.443 e. The first-order valence-corrected chi connectivity index (χ1v) is 5.83. The Hall–Kier alpha value is -0.740. The van der Waals surface area contributed by atoms with Gasteiger partial charge in [-0.15, -0.1) is 11.6 Å². The maximum atomic E-state index is 11.5. The lowest BCUT2D eigenvalue weighted by molar-refractivity contribution is 0.151. The fraction of sp³-hybridized carbons (Fsp3) is 0.300. The van der Waals surface area contributed by atoms with Crippen LogP contribution in [0.4, 0.5) is 10.5 Å². The zero-order valence-corrected chi connectivity index (χ0v) is 10.2. The number of amides is 1. The summed E-state index contributed by atoms with van der Waals surface area (Å²) in [6.45, 7) is 0.518. The molecule has 0 saturated carbocycles. The molecule has 0 aromatic heterocycles. The van der Waals surface area contributed by atoms with E-state index in [1.807, 2.05) is 24.3 Å². The number of cyclic esters (lactones) is 1. The van der Waals surface area contributed by atoms with Crippen LogP contribution in [0.2, 0.25) is 0 Å². The molecule has 15 heavy (non-hydrogen) atoms. The molecule has 1 aliphatic rings. The number of hydrogen-bond acceptors (Lipinski definition) is 2. The van der Waals surface area contributed by atoms with Gasteiger partial charge in [0, 0.05) is 10.2 Å². The number of benzene rings is 1. The van der Waals surface area contributed by atoms with Crippen molar-refractivity contribution >= 4 is 39.3 Å². The van der Waals surface area contributed by atoms with E-state index in [1.54, 1.807) is 4.90 Å². The summed E-state index contributed by atoms with van der Waals surface area (Å²) in [5.41, 5.74) is 0.829. The molecule has 0 unspecified atom stereocenters. The molecular weight excluding hydrogens is 281 g/mol. The van der Waals surface area contributed by atoms with Crippen LogP contribution >= 0.6 is 27.5 Å². The van der Waals surface area contributed by atoms with Gasteiger partial charge in [-0.3, -0.25) is 4.90 Å². The number of nitrogens with zero attached hydrogens (tertiary/aromatic N) is 1. The molecule has 2 rings (SSSR count). The summed E-state index contributed by atoms with van der Waals surface area (Å²) in [7, 11) is 0. The highest BCUT2D eigenvalue weighted by Crippen LogP contribution is 2.23. The van der Waals surface area contributed by atoms with E-state index in [4.69, 9.17) is 16.3 Å². The lowest BCUT2D eigenvalue weighted by Gasteiger charge is -2.12. The van der Waals surface area contributed by atoms with Gasteiger partial charge in [0.2, 0.25) is 0 Å². The maximum Gasteiger partial charge on any atom is 0.414 e. The second-order valence-electron chi connectivity index (χ2n) is 3.25. The summed E-state index contributed by atoms with van der Waals surface area (Å²) in [4.78, 5) is 13.0.